The first-order valence-electron chi connectivity index (χ1n) is 11.4. The highest BCUT2D eigenvalue weighted by Crippen LogP contribution is 2.28. The third kappa shape index (κ3) is 5.00. The molecule has 38 heavy (non-hydrogen) atoms. The lowest BCUT2D eigenvalue weighted by atomic mass is 10.1. The Bertz CT molecular complexity index is 1770. The summed E-state index contributed by atoms with van der Waals surface area (Å²) in [5.41, 5.74) is 3.06. The SMILES string of the molecule is COc1cccc(CC(=O)Nc2cccc3cc(C(=O)Nc4ccc(C#N)cc4-c4noc(=O)[nH]4)[nH]c23)c1. The number of hydrogen-bond donors (Lipinski definition) is 4. The Morgan fingerprint density at radius 1 is 1.03 bits per heavy atom. The number of anilines is 2. The smallest absolute Gasteiger partial charge is 0.439 e. The molecule has 11 heteroatoms. The lowest BCUT2D eigenvalue weighted by Crippen LogP contribution is -2.15. The molecule has 5 aromatic rings. The van der Waals surface area contributed by atoms with Crippen molar-refractivity contribution in [1.82, 2.24) is 15.1 Å². The second-order valence-electron chi connectivity index (χ2n) is 8.30. The van der Waals surface area contributed by atoms with E-state index in [1.165, 1.54) is 18.2 Å². The van der Waals surface area contributed by atoms with Crippen LogP contribution in [0.25, 0.3) is 22.3 Å². The number of aromatic nitrogens is 3. The molecule has 4 N–H and O–H groups in total. The monoisotopic (exact) mass is 508 g/mol. The number of hydrogen-bond acceptors (Lipinski definition) is 7. The molecular weight excluding hydrogens is 488 g/mol. The summed E-state index contributed by atoms with van der Waals surface area (Å²) in [7, 11) is 1.57. The molecule has 0 saturated carbocycles. The maximum Gasteiger partial charge on any atom is 0.439 e. The van der Waals surface area contributed by atoms with E-state index >= 15 is 0 Å². The summed E-state index contributed by atoms with van der Waals surface area (Å²) in [5.74, 6) is -0.740. The van der Waals surface area contributed by atoms with Gasteiger partial charge in [-0.25, -0.2) is 4.79 Å². The number of rotatable bonds is 7. The third-order valence-corrected chi connectivity index (χ3v) is 5.77. The molecule has 0 saturated heterocycles. The lowest BCUT2D eigenvalue weighted by molar-refractivity contribution is -0.115. The van der Waals surface area contributed by atoms with Crippen molar-refractivity contribution in [3.63, 3.8) is 0 Å². The van der Waals surface area contributed by atoms with E-state index in [9.17, 15) is 19.6 Å². The van der Waals surface area contributed by atoms with Crippen LogP contribution in [0.3, 0.4) is 0 Å². The molecule has 0 aliphatic heterocycles. The number of nitrogens with one attached hydrogen (secondary N) is 4. The van der Waals surface area contributed by atoms with Crippen LogP contribution in [0.15, 0.2) is 76.0 Å². The van der Waals surface area contributed by atoms with Crippen LogP contribution in [0.1, 0.15) is 21.6 Å². The predicted molar refractivity (Wildman–Crippen MR) is 139 cm³/mol. The quantitative estimate of drug-likeness (QED) is 0.259. The van der Waals surface area contributed by atoms with E-state index in [1.807, 2.05) is 24.3 Å². The number of nitrogens with zero attached hydrogens (tertiary/aromatic N) is 2. The number of nitriles is 1. The van der Waals surface area contributed by atoms with Crippen LogP contribution in [0.5, 0.6) is 5.75 Å². The summed E-state index contributed by atoms with van der Waals surface area (Å²) in [4.78, 5) is 42.8. The molecule has 0 atom stereocenters. The molecule has 2 heterocycles. The maximum atomic E-state index is 13.1. The molecule has 0 aliphatic carbocycles. The Kier molecular flexibility index (Phi) is 6.44. The molecule has 0 spiro atoms. The lowest BCUT2D eigenvalue weighted by Gasteiger charge is -2.09. The molecular formula is C27H20N6O5. The first-order chi connectivity index (χ1) is 18.4. The van der Waals surface area contributed by atoms with Crippen molar-refractivity contribution in [3.8, 4) is 23.2 Å². The first kappa shape index (κ1) is 24.1. The van der Waals surface area contributed by atoms with E-state index < -0.39 is 11.7 Å². The van der Waals surface area contributed by atoms with Crippen LogP contribution < -0.4 is 21.1 Å². The van der Waals surface area contributed by atoms with Crippen molar-refractivity contribution < 1.29 is 18.8 Å². The molecule has 3 aromatic carbocycles. The zero-order chi connectivity index (χ0) is 26.6. The van der Waals surface area contributed by atoms with Crippen LogP contribution >= 0.6 is 0 Å². The minimum atomic E-state index is -0.767. The largest absolute Gasteiger partial charge is 0.497 e. The molecule has 0 aliphatic rings. The van der Waals surface area contributed by atoms with Gasteiger partial charge < -0.3 is 20.4 Å². The van der Waals surface area contributed by atoms with Gasteiger partial charge in [0.15, 0.2) is 5.82 Å². The first-order valence-corrected chi connectivity index (χ1v) is 11.4. The standard InChI is InChI=1S/C27H20N6O5/c1-37-18-6-2-4-15(10-18)12-23(34)29-21-7-3-5-17-13-22(30-24(17)21)26(35)31-20-9-8-16(14-28)11-19(20)25-32-27(36)38-33-25/h2-11,13,30H,12H2,1H3,(H,29,34)(H,31,35)(H,32,33,36). The molecule has 0 bridgehead atoms. The predicted octanol–water partition coefficient (Wildman–Crippen LogP) is 3.82. The maximum absolute atomic E-state index is 13.1. The molecule has 5 rings (SSSR count). The van der Waals surface area contributed by atoms with Gasteiger partial charge in [0.05, 0.1) is 42.1 Å². The molecule has 188 valence electrons. The summed E-state index contributed by atoms with van der Waals surface area (Å²) in [6, 6.07) is 20.8. The molecule has 11 nitrogen and oxygen atoms in total. The van der Waals surface area contributed by atoms with Crippen LogP contribution in [0.4, 0.5) is 11.4 Å². The van der Waals surface area contributed by atoms with Gasteiger partial charge in [-0.3, -0.25) is 19.1 Å². The van der Waals surface area contributed by atoms with Gasteiger partial charge in [0.2, 0.25) is 5.91 Å². The van der Waals surface area contributed by atoms with E-state index in [0.717, 1.165) is 10.9 Å². The van der Waals surface area contributed by atoms with Gasteiger partial charge in [-0.1, -0.05) is 29.4 Å². The van der Waals surface area contributed by atoms with Crippen molar-refractivity contribution in [2.75, 3.05) is 17.7 Å². The Morgan fingerprint density at radius 3 is 2.63 bits per heavy atom. The van der Waals surface area contributed by atoms with Crippen molar-refractivity contribution in [2.45, 2.75) is 6.42 Å². The number of aromatic amines is 2. The van der Waals surface area contributed by atoms with E-state index in [1.54, 1.807) is 37.4 Å². The van der Waals surface area contributed by atoms with Gasteiger partial charge in [0.25, 0.3) is 5.91 Å². The van der Waals surface area contributed by atoms with Gasteiger partial charge in [-0.05, 0) is 48.0 Å². The average Bonchev–Trinajstić information content (AvgIpc) is 3.56. The molecule has 0 radical (unpaired) electrons. The number of H-pyrrole nitrogens is 2. The summed E-state index contributed by atoms with van der Waals surface area (Å²) in [6.45, 7) is 0. The molecule has 2 amide bonds. The fraction of sp³-hybridized carbons (Fsp3) is 0.0741. The van der Waals surface area contributed by atoms with Crippen LogP contribution in [0, 0.1) is 11.3 Å². The van der Waals surface area contributed by atoms with Crippen LogP contribution in [-0.2, 0) is 11.2 Å². The van der Waals surface area contributed by atoms with Gasteiger partial charge in [0.1, 0.15) is 11.4 Å². The van der Waals surface area contributed by atoms with Gasteiger partial charge >= 0.3 is 5.76 Å². The summed E-state index contributed by atoms with van der Waals surface area (Å²) in [6.07, 6.45) is 0.146. The Labute approximate surface area is 215 Å². The Balaban J connectivity index is 1.38. The van der Waals surface area contributed by atoms with Gasteiger partial charge in [-0.2, -0.15) is 5.26 Å². The summed E-state index contributed by atoms with van der Waals surface area (Å²) >= 11 is 0. The normalized spacial score (nSPS) is 10.6. The van der Waals surface area contributed by atoms with E-state index in [2.05, 4.69) is 30.3 Å². The second kappa shape index (κ2) is 10.2. The number of carbonyl (C=O) groups excluding carboxylic acids is 2. The van der Waals surface area contributed by atoms with E-state index in [-0.39, 0.29) is 23.8 Å². The molecule has 2 aromatic heterocycles. The second-order valence-corrected chi connectivity index (χ2v) is 8.30. The van der Waals surface area contributed by atoms with Crippen LogP contribution in [0.2, 0.25) is 0 Å². The highest BCUT2D eigenvalue weighted by Gasteiger charge is 2.17. The molecule has 0 fully saturated rings. The topological polar surface area (TPSA) is 166 Å². The fourth-order valence-corrected chi connectivity index (χ4v) is 4.00. The minimum Gasteiger partial charge on any atom is -0.497 e. The Morgan fingerprint density at radius 2 is 1.87 bits per heavy atom. The number of benzene rings is 3. The number of ether oxygens (including phenoxy) is 1. The molecule has 0 unspecified atom stereocenters. The third-order valence-electron chi connectivity index (χ3n) is 5.77. The van der Waals surface area contributed by atoms with E-state index in [0.29, 0.717) is 33.8 Å². The van der Waals surface area contributed by atoms with Crippen LogP contribution in [-0.4, -0.2) is 34.0 Å². The number of methoxy groups -OCH3 is 1. The Hall–Kier alpha value is -5.63. The fourth-order valence-electron chi connectivity index (χ4n) is 4.00. The summed E-state index contributed by atoms with van der Waals surface area (Å²) < 4.78 is 9.78. The van der Waals surface area contributed by atoms with Gasteiger partial charge in [0, 0.05) is 10.9 Å². The number of carbonyl (C=O) groups is 2. The van der Waals surface area contributed by atoms with Crippen molar-refractivity contribution in [2.24, 2.45) is 0 Å². The summed E-state index contributed by atoms with van der Waals surface area (Å²) in [5, 5.41) is 19.3. The minimum absolute atomic E-state index is 0.0695. The highest BCUT2D eigenvalue weighted by atomic mass is 16.5. The number of amides is 2. The van der Waals surface area contributed by atoms with Crippen molar-refractivity contribution in [1.29, 1.82) is 5.26 Å². The van der Waals surface area contributed by atoms with Crippen molar-refractivity contribution >= 4 is 34.1 Å². The van der Waals surface area contributed by atoms with Gasteiger partial charge in [-0.15, -0.1) is 0 Å². The zero-order valence-electron chi connectivity index (χ0n) is 20.0. The van der Waals surface area contributed by atoms with E-state index in [4.69, 9.17) is 4.74 Å². The number of fused-ring (bicyclic) bond motifs is 1. The average molecular weight is 508 g/mol. The zero-order valence-corrected chi connectivity index (χ0v) is 20.0. The number of para-hydroxylation sites is 1. The van der Waals surface area contributed by atoms with Crippen molar-refractivity contribution in [3.05, 3.63) is 94.1 Å². The highest BCUT2D eigenvalue weighted by molar-refractivity contribution is 6.09.